The molecule has 3 saturated heterocycles. The zero-order chi connectivity index (χ0) is 60.7. The number of carbonyl (C=O) groups is 3. The number of halogens is 1. The number of primary amides is 3. The number of ether oxygens (including phenoxy) is 4. The Balaban J connectivity index is 0.000000145. The second kappa shape index (κ2) is 29.1. The van der Waals surface area contributed by atoms with Gasteiger partial charge in [0.1, 0.15) is 28.7 Å². The number of likely N-dealkylation sites (tertiary alicyclic amines) is 3. The summed E-state index contributed by atoms with van der Waals surface area (Å²) in [5.74, 6) is 2.92. The van der Waals surface area contributed by atoms with E-state index in [0.29, 0.717) is 74.6 Å². The summed E-state index contributed by atoms with van der Waals surface area (Å²) in [6, 6.07) is 57.2. The SMILES string of the molecule is COc1cc(C2CCCN2Cc2ccc(Oc3ccc(C(N)=O)cc3)cc2)n(C)n1.NC(=O)c1ccc(Oc2ccc(CN3CCCC3c3ccccc3)cc2)nc1.NC(=O)c1ccc(Oc2ccc(CN3CCCC3c3cccnc3)cc2)c(Cl)c1. The number of hydrogen-bond acceptors (Lipinski definition) is 13. The van der Waals surface area contributed by atoms with Crippen LogP contribution in [0.25, 0.3) is 0 Å². The van der Waals surface area contributed by atoms with Crippen LogP contribution in [0.2, 0.25) is 5.02 Å². The lowest BCUT2D eigenvalue weighted by molar-refractivity contribution is 0.0991. The van der Waals surface area contributed by atoms with E-state index in [9.17, 15) is 14.4 Å². The summed E-state index contributed by atoms with van der Waals surface area (Å²) in [6.07, 6.45) is 12.3. The Morgan fingerprint density at radius 3 is 1.48 bits per heavy atom. The van der Waals surface area contributed by atoms with E-state index in [4.69, 9.17) is 47.7 Å². The number of benzene rings is 6. The molecule has 3 fully saturated rings. The fourth-order valence-electron chi connectivity index (χ4n) is 11.3. The largest absolute Gasteiger partial charge is 0.480 e. The number of hydrogen-bond donors (Lipinski definition) is 3. The first-order valence-electron chi connectivity index (χ1n) is 29.1. The molecule has 3 aliphatic rings. The molecule has 12 rings (SSSR count). The van der Waals surface area contributed by atoms with Gasteiger partial charge in [0.2, 0.25) is 29.5 Å². The molecule has 18 heteroatoms. The molecule has 3 aliphatic heterocycles. The minimum atomic E-state index is -0.519. The summed E-state index contributed by atoms with van der Waals surface area (Å²) in [7, 11) is 3.62. The molecular formula is C69H71ClN10O7. The Morgan fingerprint density at radius 1 is 0.506 bits per heavy atom. The molecule has 3 aromatic heterocycles. The molecule has 3 atom stereocenters. The lowest BCUT2D eigenvalue weighted by Gasteiger charge is -2.25. The number of rotatable bonds is 19. The number of methoxy groups -OCH3 is 1. The molecule has 3 amide bonds. The predicted molar refractivity (Wildman–Crippen MR) is 335 cm³/mol. The molecule has 0 radical (unpaired) electrons. The number of aryl methyl sites for hydroxylation is 1. The molecule has 87 heavy (non-hydrogen) atoms. The number of nitrogens with two attached hydrogens (primary N) is 3. The van der Waals surface area contributed by atoms with Crippen LogP contribution in [0.15, 0.2) is 195 Å². The van der Waals surface area contributed by atoms with Gasteiger partial charge in [0.05, 0.1) is 29.4 Å². The Kier molecular flexibility index (Phi) is 20.3. The van der Waals surface area contributed by atoms with Crippen molar-refractivity contribution in [1.29, 1.82) is 0 Å². The van der Waals surface area contributed by atoms with Crippen molar-refractivity contribution in [3.8, 4) is 40.5 Å². The van der Waals surface area contributed by atoms with Crippen molar-refractivity contribution in [3.05, 3.63) is 250 Å². The van der Waals surface area contributed by atoms with Crippen molar-refractivity contribution in [2.24, 2.45) is 24.2 Å². The third-order valence-corrected chi connectivity index (χ3v) is 16.1. The Morgan fingerprint density at radius 2 is 0.989 bits per heavy atom. The van der Waals surface area contributed by atoms with Gasteiger partial charge < -0.3 is 36.1 Å². The number of carbonyl (C=O) groups excluding carboxylic acids is 3. The molecule has 0 bridgehead atoms. The highest BCUT2D eigenvalue weighted by atomic mass is 35.5. The number of amides is 3. The van der Waals surface area contributed by atoms with Crippen LogP contribution >= 0.6 is 11.6 Å². The van der Waals surface area contributed by atoms with Gasteiger partial charge in [-0.3, -0.25) is 38.7 Å². The molecular weight excluding hydrogens is 1120 g/mol. The summed E-state index contributed by atoms with van der Waals surface area (Å²) in [4.78, 5) is 49.4. The summed E-state index contributed by atoms with van der Waals surface area (Å²) >= 11 is 6.20. The fraction of sp³-hybridized carbons (Fsp3) is 0.246. The van der Waals surface area contributed by atoms with Gasteiger partial charge in [-0.15, -0.1) is 5.10 Å². The van der Waals surface area contributed by atoms with E-state index in [1.807, 2.05) is 72.7 Å². The quantitative estimate of drug-likeness (QED) is 0.0687. The van der Waals surface area contributed by atoms with E-state index in [2.05, 4.69) is 103 Å². The van der Waals surface area contributed by atoms with Gasteiger partial charge in [0.25, 0.3) is 0 Å². The maximum absolute atomic E-state index is 11.2. The lowest BCUT2D eigenvalue weighted by Crippen LogP contribution is -2.24. The van der Waals surface area contributed by atoms with E-state index >= 15 is 0 Å². The first kappa shape index (κ1) is 60.7. The van der Waals surface area contributed by atoms with Crippen molar-refractivity contribution < 1.29 is 33.3 Å². The van der Waals surface area contributed by atoms with Gasteiger partial charge in [-0.1, -0.05) is 84.4 Å². The first-order chi connectivity index (χ1) is 42.3. The average molecular weight is 1190 g/mol. The second-order valence-electron chi connectivity index (χ2n) is 21.7. The number of nitrogens with zero attached hydrogens (tertiary/aromatic N) is 7. The molecule has 0 spiro atoms. The van der Waals surface area contributed by atoms with Gasteiger partial charge in [0.15, 0.2) is 0 Å². The highest BCUT2D eigenvalue weighted by molar-refractivity contribution is 6.32. The Hall–Kier alpha value is -9.39. The van der Waals surface area contributed by atoms with E-state index in [0.717, 1.165) is 57.9 Å². The minimum absolute atomic E-state index is 0.339. The zero-order valence-corrected chi connectivity index (χ0v) is 49.5. The van der Waals surface area contributed by atoms with E-state index in [-0.39, 0.29) is 0 Å². The van der Waals surface area contributed by atoms with E-state index in [1.165, 1.54) is 71.5 Å². The Labute approximate surface area is 512 Å². The van der Waals surface area contributed by atoms with Crippen LogP contribution < -0.4 is 36.1 Å². The summed E-state index contributed by atoms with van der Waals surface area (Å²) in [5.41, 5.74) is 24.5. The molecule has 0 saturated carbocycles. The van der Waals surface area contributed by atoms with Crippen molar-refractivity contribution in [2.75, 3.05) is 26.7 Å². The first-order valence-corrected chi connectivity index (χ1v) is 29.5. The van der Waals surface area contributed by atoms with E-state index < -0.39 is 17.7 Å². The third-order valence-electron chi connectivity index (χ3n) is 15.8. The van der Waals surface area contributed by atoms with Crippen LogP contribution in [-0.2, 0) is 26.7 Å². The van der Waals surface area contributed by atoms with Crippen molar-refractivity contribution in [3.63, 3.8) is 0 Å². The van der Waals surface area contributed by atoms with Crippen molar-refractivity contribution in [2.45, 2.75) is 76.3 Å². The highest BCUT2D eigenvalue weighted by Crippen LogP contribution is 2.37. The maximum atomic E-state index is 11.2. The third kappa shape index (κ3) is 16.3. The van der Waals surface area contributed by atoms with Crippen LogP contribution in [0.4, 0.5) is 0 Å². The molecule has 6 N–H and O–H groups in total. The lowest BCUT2D eigenvalue weighted by atomic mass is 10.0. The monoisotopic (exact) mass is 1190 g/mol. The van der Waals surface area contributed by atoms with Gasteiger partial charge in [-0.25, -0.2) is 4.98 Å². The van der Waals surface area contributed by atoms with E-state index in [1.54, 1.807) is 55.6 Å². The second-order valence-corrected chi connectivity index (χ2v) is 22.1. The van der Waals surface area contributed by atoms with Crippen LogP contribution in [-0.4, -0.2) is 78.9 Å². The van der Waals surface area contributed by atoms with Gasteiger partial charge in [-0.2, -0.15) is 0 Å². The molecule has 6 heterocycles. The van der Waals surface area contributed by atoms with Crippen molar-refractivity contribution >= 4 is 29.3 Å². The normalized spacial score (nSPS) is 16.7. The fourth-order valence-corrected chi connectivity index (χ4v) is 11.6. The van der Waals surface area contributed by atoms with Gasteiger partial charge in [-0.05, 0) is 177 Å². The maximum Gasteiger partial charge on any atom is 0.250 e. The molecule has 0 aliphatic carbocycles. The Bertz CT molecular complexity index is 3710. The molecule has 6 aromatic carbocycles. The van der Waals surface area contributed by atoms with Crippen LogP contribution in [0.1, 0.15) is 121 Å². The average Bonchev–Trinajstić information content (AvgIpc) is 4.49. The smallest absolute Gasteiger partial charge is 0.250 e. The minimum Gasteiger partial charge on any atom is -0.480 e. The van der Waals surface area contributed by atoms with Gasteiger partial charge >= 0.3 is 0 Å². The highest BCUT2D eigenvalue weighted by Gasteiger charge is 2.30. The van der Waals surface area contributed by atoms with Crippen molar-refractivity contribution in [1.82, 2.24) is 34.4 Å². The van der Waals surface area contributed by atoms with Gasteiger partial charge in [0, 0.05) is 80.6 Å². The molecule has 17 nitrogen and oxygen atoms in total. The van der Waals surface area contributed by atoms with Crippen LogP contribution in [0, 0.1) is 0 Å². The zero-order valence-electron chi connectivity index (χ0n) is 48.8. The molecule has 3 unspecified atom stereocenters. The molecule has 446 valence electrons. The summed E-state index contributed by atoms with van der Waals surface area (Å²) in [5, 5.41) is 4.76. The predicted octanol–water partition coefficient (Wildman–Crippen LogP) is 12.9. The summed E-state index contributed by atoms with van der Waals surface area (Å²) < 4.78 is 24.7. The topological polar surface area (TPSA) is 220 Å². The summed E-state index contributed by atoms with van der Waals surface area (Å²) in [6.45, 7) is 5.93. The standard InChI is InChI=1S/C23H22ClN3O2.C23H26N4O3.C23H23N3O2/c24-20-13-17(23(25)28)7-10-22(20)29-19-8-5-16(6-9-19)15-27-12-2-4-21(27)18-3-1-11-26-14-18;1-26-21(14-22(25-26)29-2)20-4-3-13-27(20)15-16-5-9-18(10-6-16)30-19-11-7-17(8-12-19)23(24)28;24-23(27)19-10-13-22(25-15-19)28-20-11-8-17(9-12-20)16-26-14-4-7-21(26)18-5-2-1-3-6-18/h1,3,5-11,13-14,21H,2,4,12,15H2,(H2,25,28);5-12,14,20H,3-4,13,15H2,1-2H3,(H2,24,28);1-3,5-6,8-13,15,21H,4,7,14,16H2,(H2,24,27). The number of pyridine rings is 2. The van der Waals surface area contributed by atoms with Crippen LogP contribution in [0.3, 0.4) is 0 Å². The number of aromatic nitrogens is 4. The van der Waals surface area contributed by atoms with Crippen LogP contribution in [0.5, 0.6) is 40.5 Å². The molecule has 9 aromatic rings.